The average molecular weight is 349 g/mol. The van der Waals surface area contributed by atoms with E-state index in [1.165, 1.54) is 17.7 Å². The average Bonchev–Trinajstić information content (AvgIpc) is 3.30. The number of benzene rings is 2. The first-order chi connectivity index (χ1) is 12.7. The number of nitrogens with zero attached hydrogens (tertiary/aromatic N) is 2. The smallest absolute Gasteiger partial charge is 0.224 e. The SMILES string of the molecule is O=C(NCc1cccc(Cn2ccnc2)c1)[C@@H]1C[C@H]1c1cccc(F)c1. The zero-order chi connectivity index (χ0) is 17.9. The zero-order valence-electron chi connectivity index (χ0n) is 14.3. The van der Waals surface area contributed by atoms with Crippen LogP contribution in [0.3, 0.4) is 0 Å². The molecular weight excluding hydrogens is 329 g/mol. The highest BCUT2D eigenvalue weighted by Gasteiger charge is 2.43. The molecule has 0 bridgehead atoms. The lowest BCUT2D eigenvalue weighted by Crippen LogP contribution is -2.24. The lowest BCUT2D eigenvalue weighted by atomic mass is 10.1. The van der Waals surface area contributed by atoms with Crippen LogP contribution in [0.15, 0.2) is 67.3 Å². The van der Waals surface area contributed by atoms with Gasteiger partial charge in [0.05, 0.1) is 6.33 Å². The van der Waals surface area contributed by atoms with Crippen molar-refractivity contribution >= 4 is 5.91 Å². The number of carbonyl (C=O) groups is 1. The van der Waals surface area contributed by atoms with Gasteiger partial charge in [-0.15, -0.1) is 0 Å². The maximum atomic E-state index is 13.3. The molecule has 132 valence electrons. The van der Waals surface area contributed by atoms with Gasteiger partial charge >= 0.3 is 0 Å². The summed E-state index contributed by atoms with van der Waals surface area (Å²) in [5.41, 5.74) is 3.14. The number of amides is 1. The molecule has 0 unspecified atom stereocenters. The normalized spacial score (nSPS) is 18.5. The predicted molar refractivity (Wildman–Crippen MR) is 96.9 cm³/mol. The standard InChI is InChI=1S/C21H20FN3O/c22-18-6-2-5-17(10-18)19-11-20(19)21(26)24-12-15-3-1-4-16(9-15)13-25-8-7-23-14-25/h1-10,14,19-20H,11-13H2,(H,24,26)/t19-,20+/m0/s1. The van der Waals surface area contributed by atoms with Crippen LogP contribution < -0.4 is 5.32 Å². The molecule has 1 aliphatic rings. The number of hydrogen-bond donors (Lipinski definition) is 1. The van der Waals surface area contributed by atoms with Crippen molar-refractivity contribution in [2.45, 2.75) is 25.4 Å². The molecular formula is C21H20FN3O. The van der Waals surface area contributed by atoms with Crippen molar-refractivity contribution in [1.82, 2.24) is 14.9 Å². The molecule has 0 aliphatic heterocycles. The molecule has 1 aromatic heterocycles. The van der Waals surface area contributed by atoms with Gasteiger partial charge in [0.2, 0.25) is 5.91 Å². The second-order valence-electron chi connectivity index (χ2n) is 6.78. The molecule has 1 fully saturated rings. The molecule has 1 amide bonds. The van der Waals surface area contributed by atoms with E-state index >= 15 is 0 Å². The van der Waals surface area contributed by atoms with E-state index in [4.69, 9.17) is 0 Å². The molecule has 0 spiro atoms. The number of nitrogens with one attached hydrogen (secondary N) is 1. The molecule has 2 aromatic carbocycles. The molecule has 1 aliphatic carbocycles. The van der Waals surface area contributed by atoms with Crippen LogP contribution in [0.1, 0.15) is 29.0 Å². The van der Waals surface area contributed by atoms with Crippen LogP contribution in [0.25, 0.3) is 0 Å². The summed E-state index contributed by atoms with van der Waals surface area (Å²) < 4.78 is 15.3. The van der Waals surface area contributed by atoms with Gasteiger partial charge in [-0.2, -0.15) is 0 Å². The number of hydrogen-bond acceptors (Lipinski definition) is 2. The van der Waals surface area contributed by atoms with Gasteiger partial charge < -0.3 is 9.88 Å². The van der Waals surface area contributed by atoms with E-state index in [1.807, 2.05) is 29.0 Å². The van der Waals surface area contributed by atoms with Crippen LogP contribution >= 0.6 is 0 Å². The summed E-state index contributed by atoms with van der Waals surface area (Å²) in [7, 11) is 0. The molecule has 0 radical (unpaired) electrons. The number of imidazole rings is 1. The molecule has 4 nitrogen and oxygen atoms in total. The van der Waals surface area contributed by atoms with Crippen molar-refractivity contribution in [3.05, 3.63) is 89.8 Å². The Hall–Kier alpha value is -2.95. The molecule has 0 saturated heterocycles. The van der Waals surface area contributed by atoms with Gasteiger partial charge in [0.25, 0.3) is 0 Å². The maximum absolute atomic E-state index is 13.3. The summed E-state index contributed by atoms with van der Waals surface area (Å²) in [6, 6.07) is 14.7. The van der Waals surface area contributed by atoms with Gasteiger partial charge in [0.15, 0.2) is 0 Å². The van der Waals surface area contributed by atoms with E-state index in [0.29, 0.717) is 6.54 Å². The minimum atomic E-state index is -0.247. The number of rotatable bonds is 6. The summed E-state index contributed by atoms with van der Waals surface area (Å²) in [6.45, 7) is 1.26. The van der Waals surface area contributed by atoms with Gasteiger partial charge in [-0.1, -0.05) is 36.4 Å². The monoisotopic (exact) mass is 349 g/mol. The third-order valence-electron chi connectivity index (χ3n) is 4.79. The highest BCUT2D eigenvalue weighted by molar-refractivity contribution is 5.82. The second-order valence-corrected chi connectivity index (χ2v) is 6.78. The first-order valence-electron chi connectivity index (χ1n) is 8.76. The molecule has 3 aromatic rings. The Balaban J connectivity index is 1.32. The number of carbonyl (C=O) groups excluding carboxylic acids is 1. The molecule has 1 saturated carbocycles. The third-order valence-corrected chi connectivity index (χ3v) is 4.79. The van der Waals surface area contributed by atoms with Gasteiger partial charge in [0, 0.05) is 31.4 Å². The Labute approximate surface area is 151 Å². The lowest BCUT2D eigenvalue weighted by Gasteiger charge is -2.08. The number of aromatic nitrogens is 2. The van der Waals surface area contributed by atoms with E-state index < -0.39 is 0 Å². The van der Waals surface area contributed by atoms with E-state index in [0.717, 1.165) is 24.1 Å². The summed E-state index contributed by atoms with van der Waals surface area (Å²) in [6.07, 6.45) is 6.26. The molecule has 26 heavy (non-hydrogen) atoms. The van der Waals surface area contributed by atoms with Crippen molar-refractivity contribution < 1.29 is 9.18 Å². The molecule has 4 rings (SSSR count). The largest absolute Gasteiger partial charge is 0.352 e. The first-order valence-corrected chi connectivity index (χ1v) is 8.76. The predicted octanol–water partition coefficient (Wildman–Crippen LogP) is 3.49. The summed E-state index contributed by atoms with van der Waals surface area (Å²) in [4.78, 5) is 16.4. The fourth-order valence-corrected chi connectivity index (χ4v) is 3.34. The second kappa shape index (κ2) is 7.12. The fraction of sp³-hybridized carbons (Fsp3) is 0.238. The summed E-state index contributed by atoms with van der Waals surface area (Å²) >= 11 is 0. The van der Waals surface area contributed by atoms with Gasteiger partial charge in [0.1, 0.15) is 5.82 Å². The third kappa shape index (κ3) is 3.82. The van der Waals surface area contributed by atoms with Crippen LogP contribution in [-0.4, -0.2) is 15.5 Å². The van der Waals surface area contributed by atoms with Crippen LogP contribution in [0.4, 0.5) is 4.39 Å². The number of halogens is 1. The van der Waals surface area contributed by atoms with Gasteiger partial charge in [-0.05, 0) is 41.2 Å². The zero-order valence-corrected chi connectivity index (χ0v) is 14.3. The summed E-state index contributed by atoms with van der Waals surface area (Å²) in [5, 5.41) is 3.01. The van der Waals surface area contributed by atoms with Crippen LogP contribution in [0.2, 0.25) is 0 Å². The van der Waals surface area contributed by atoms with Crippen molar-refractivity contribution in [2.75, 3.05) is 0 Å². The minimum absolute atomic E-state index is 0.0410. The van der Waals surface area contributed by atoms with E-state index in [1.54, 1.807) is 18.6 Å². The molecule has 1 heterocycles. The highest BCUT2D eigenvalue weighted by atomic mass is 19.1. The first kappa shape index (κ1) is 16.5. The van der Waals surface area contributed by atoms with E-state index in [2.05, 4.69) is 22.4 Å². The lowest BCUT2D eigenvalue weighted by molar-refractivity contribution is -0.122. The maximum Gasteiger partial charge on any atom is 0.224 e. The highest BCUT2D eigenvalue weighted by Crippen LogP contribution is 2.47. The van der Waals surface area contributed by atoms with Gasteiger partial charge in [-0.25, -0.2) is 9.37 Å². The van der Waals surface area contributed by atoms with Crippen molar-refractivity contribution in [3.8, 4) is 0 Å². The Morgan fingerprint density at radius 3 is 2.85 bits per heavy atom. The molecule has 1 N–H and O–H groups in total. The molecule has 2 atom stereocenters. The van der Waals surface area contributed by atoms with Crippen molar-refractivity contribution in [3.63, 3.8) is 0 Å². The van der Waals surface area contributed by atoms with Crippen molar-refractivity contribution in [2.24, 2.45) is 5.92 Å². The summed E-state index contributed by atoms with van der Waals surface area (Å²) in [5.74, 6) is -0.119. The van der Waals surface area contributed by atoms with E-state index in [9.17, 15) is 9.18 Å². The van der Waals surface area contributed by atoms with Crippen LogP contribution in [0.5, 0.6) is 0 Å². The molecule has 5 heteroatoms. The van der Waals surface area contributed by atoms with Crippen LogP contribution in [0, 0.1) is 11.7 Å². The fourth-order valence-electron chi connectivity index (χ4n) is 3.34. The van der Waals surface area contributed by atoms with Crippen LogP contribution in [-0.2, 0) is 17.9 Å². The Morgan fingerprint density at radius 1 is 1.19 bits per heavy atom. The Kier molecular flexibility index (Phi) is 4.52. The minimum Gasteiger partial charge on any atom is -0.352 e. The topological polar surface area (TPSA) is 46.9 Å². The van der Waals surface area contributed by atoms with E-state index in [-0.39, 0.29) is 23.6 Å². The Morgan fingerprint density at radius 2 is 2.04 bits per heavy atom. The quantitative estimate of drug-likeness (QED) is 0.740. The van der Waals surface area contributed by atoms with Crippen molar-refractivity contribution in [1.29, 1.82) is 0 Å². The Bertz CT molecular complexity index is 907. The van der Waals surface area contributed by atoms with Gasteiger partial charge in [-0.3, -0.25) is 4.79 Å².